The molecule has 1 aromatic carbocycles. The fourth-order valence-corrected chi connectivity index (χ4v) is 4.00. The van der Waals surface area contributed by atoms with Crippen molar-refractivity contribution in [3.8, 4) is 5.75 Å². The van der Waals surface area contributed by atoms with Gasteiger partial charge in [-0.2, -0.15) is 0 Å². The summed E-state index contributed by atoms with van der Waals surface area (Å²) in [5.41, 5.74) is 1.40. The van der Waals surface area contributed by atoms with Crippen molar-refractivity contribution in [1.29, 1.82) is 0 Å². The monoisotopic (exact) mass is 258 g/mol. The van der Waals surface area contributed by atoms with Crippen LogP contribution in [0.3, 0.4) is 0 Å². The third-order valence-corrected chi connectivity index (χ3v) is 4.99. The van der Waals surface area contributed by atoms with Crippen LogP contribution in [-0.2, 0) is 0 Å². The highest BCUT2D eigenvalue weighted by atomic mass is 16.5. The zero-order valence-electron chi connectivity index (χ0n) is 11.4. The largest absolute Gasteiger partial charge is 0.493 e. The minimum Gasteiger partial charge on any atom is -0.493 e. The molecule has 3 aliphatic heterocycles. The lowest BCUT2D eigenvalue weighted by molar-refractivity contribution is 0.0541. The van der Waals surface area contributed by atoms with Gasteiger partial charge in [0.05, 0.1) is 6.61 Å². The van der Waals surface area contributed by atoms with Crippen LogP contribution in [0, 0.1) is 0 Å². The lowest BCUT2D eigenvalue weighted by atomic mass is 9.97. The second-order valence-corrected chi connectivity index (χ2v) is 6.02. The summed E-state index contributed by atoms with van der Waals surface area (Å²) in [6.07, 6.45) is 3.92. The average molecular weight is 258 g/mol. The highest BCUT2D eigenvalue weighted by Gasteiger charge is 2.35. The molecule has 2 saturated heterocycles. The van der Waals surface area contributed by atoms with Crippen LogP contribution in [0.15, 0.2) is 24.3 Å². The number of nitrogens with zero attached hydrogens (tertiary/aromatic N) is 2. The first-order valence-electron chi connectivity index (χ1n) is 7.61. The van der Waals surface area contributed by atoms with Gasteiger partial charge in [0.15, 0.2) is 0 Å². The molecule has 4 rings (SSSR count). The van der Waals surface area contributed by atoms with Crippen LogP contribution in [0.4, 0.5) is 0 Å². The molecule has 19 heavy (non-hydrogen) atoms. The van der Waals surface area contributed by atoms with E-state index in [2.05, 4.69) is 34.1 Å². The van der Waals surface area contributed by atoms with Crippen LogP contribution in [0.2, 0.25) is 0 Å². The van der Waals surface area contributed by atoms with Gasteiger partial charge in [0.25, 0.3) is 0 Å². The summed E-state index contributed by atoms with van der Waals surface area (Å²) in [6.45, 7) is 5.91. The molecule has 0 saturated carbocycles. The standard InChI is InChI=1S/C16H22N2O/c1-2-6-16-14(5-1)15(7-11-19-16)18-10-9-17-8-3-4-13(17)12-18/h1-2,5-6,13,15H,3-4,7-12H2. The van der Waals surface area contributed by atoms with Crippen LogP contribution in [0.1, 0.15) is 30.9 Å². The van der Waals surface area contributed by atoms with Gasteiger partial charge in [0.2, 0.25) is 0 Å². The van der Waals surface area contributed by atoms with E-state index in [-0.39, 0.29) is 0 Å². The van der Waals surface area contributed by atoms with E-state index in [0.29, 0.717) is 6.04 Å². The number of piperazine rings is 1. The maximum Gasteiger partial charge on any atom is 0.124 e. The molecule has 3 heterocycles. The molecule has 0 bridgehead atoms. The maximum absolute atomic E-state index is 5.79. The lowest BCUT2D eigenvalue weighted by Gasteiger charge is -2.43. The van der Waals surface area contributed by atoms with Gasteiger partial charge >= 0.3 is 0 Å². The molecule has 3 aliphatic rings. The number of fused-ring (bicyclic) bond motifs is 2. The van der Waals surface area contributed by atoms with Gasteiger partial charge in [-0.3, -0.25) is 9.80 Å². The van der Waals surface area contributed by atoms with Crippen molar-refractivity contribution >= 4 is 0 Å². The number of para-hydroxylation sites is 1. The second-order valence-electron chi connectivity index (χ2n) is 6.02. The van der Waals surface area contributed by atoms with Crippen LogP contribution in [0.5, 0.6) is 5.75 Å². The third kappa shape index (κ3) is 2.05. The molecule has 0 N–H and O–H groups in total. The lowest BCUT2D eigenvalue weighted by Crippen LogP contribution is -2.51. The van der Waals surface area contributed by atoms with E-state index in [9.17, 15) is 0 Å². The Kier molecular flexibility index (Phi) is 2.97. The minimum atomic E-state index is 0.577. The summed E-state index contributed by atoms with van der Waals surface area (Å²) in [5.74, 6) is 1.10. The zero-order chi connectivity index (χ0) is 12.7. The highest BCUT2D eigenvalue weighted by Crippen LogP contribution is 2.37. The third-order valence-electron chi connectivity index (χ3n) is 4.99. The van der Waals surface area contributed by atoms with Gasteiger partial charge in [0.1, 0.15) is 5.75 Å². The SMILES string of the molecule is c1ccc2c(c1)OCCC2N1CCN2CCCC2C1. The Morgan fingerprint density at radius 2 is 1.89 bits per heavy atom. The van der Waals surface area contributed by atoms with Gasteiger partial charge in [-0.25, -0.2) is 0 Å². The summed E-state index contributed by atoms with van der Waals surface area (Å²) >= 11 is 0. The molecule has 0 spiro atoms. The first-order chi connectivity index (χ1) is 9.42. The van der Waals surface area contributed by atoms with Crippen molar-refractivity contribution in [1.82, 2.24) is 9.80 Å². The van der Waals surface area contributed by atoms with E-state index in [1.807, 2.05) is 0 Å². The Balaban J connectivity index is 1.57. The van der Waals surface area contributed by atoms with E-state index in [4.69, 9.17) is 4.74 Å². The smallest absolute Gasteiger partial charge is 0.124 e. The fourth-order valence-electron chi connectivity index (χ4n) is 4.00. The van der Waals surface area contributed by atoms with Gasteiger partial charge in [-0.05, 0) is 25.5 Å². The molecule has 3 heteroatoms. The van der Waals surface area contributed by atoms with Gasteiger partial charge in [0, 0.05) is 43.7 Å². The van der Waals surface area contributed by atoms with E-state index in [0.717, 1.165) is 24.8 Å². The second kappa shape index (κ2) is 4.80. The predicted molar refractivity (Wildman–Crippen MR) is 75.5 cm³/mol. The maximum atomic E-state index is 5.79. The number of ether oxygens (including phenoxy) is 1. The van der Waals surface area contributed by atoms with E-state index in [1.165, 1.54) is 44.6 Å². The average Bonchev–Trinajstić information content (AvgIpc) is 2.94. The first-order valence-corrected chi connectivity index (χ1v) is 7.61. The molecule has 0 aliphatic carbocycles. The van der Waals surface area contributed by atoms with Crippen molar-refractivity contribution in [2.75, 3.05) is 32.8 Å². The van der Waals surface area contributed by atoms with E-state index >= 15 is 0 Å². The Morgan fingerprint density at radius 1 is 1.00 bits per heavy atom. The normalized spacial score (nSPS) is 31.6. The predicted octanol–water partition coefficient (Wildman–Crippen LogP) is 2.29. The fraction of sp³-hybridized carbons (Fsp3) is 0.625. The molecule has 2 unspecified atom stereocenters. The molecule has 0 aromatic heterocycles. The topological polar surface area (TPSA) is 15.7 Å². The Bertz CT molecular complexity index is 462. The van der Waals surface area contributed by atoms with Crippen LogP contribution >= 0.6 is 0 Å². The van der Waals surface area contributed by atoms with E-state index < -0.39 is 0 Å². The molecule has 3 nitrogen and oxygen atoms in total. The molecule has 2 atom stereocenters. The van der Waals surface area contributed by atoms with Crippen molar-refractivity contribution in [2.24, 2.45) is 0 Å². The Morgan fingerprint density at radius 3 is 2.89 bits per heavy atom. The van der Waals surface area contributed by atoms with Crippen LogP contribution < -0.4 is 4.74 Å². The summed E-state index contributed by atoms with van der Waals surface area (Å²) < 4.78 is 5.79. The zero-order valence-corrected chi connectivity index (χ0v) is 11.4. The molecule has 2 fully saturated rings. The molecular weight excluding hydrogens is 236 g/mol. The summed E-state index contributed by atoms with van der Waals surface area (Å²) in [6, 6.07) is 9.98. The number of benzene rings is 1. The minimum absolute atomic E-state index is 0.577. The number of hydrogen-bond acceptors (Lipinski definition) is 3. The highest BCUT2D eigenvalue weighted by molar-refractivity contribution is 5.37. The molecule has 0 amide bonds. The quantitative estimate of drug-likeness (QED) is 0.768. The Hall–Kier alpha value is -1.06. The molecular formula is C16H22N2O. The van der Waals surface area contributed by atoms with Crippen molar-refractivity contribution in [3.63, 3.8) is 0 Å². The van der Waals surface area contributed by atoms with Gasteiger partial charge in [-0.1, -0.05) is 18.2 Å². The molecule has 0 radical (unpaired) electrons. The van der Waals surface area contributed by atoms with Gasteiger partial charge in [-0.15, -0.1) is 0 Å². The van der Waals surface area contributed by atoms with E-state index in [1.54, 1.807) is 0 Å². The van der Waals surface area contributed by atoms with Crippen molar-refractivity contribution in [2.45, 2.75) is 31.3 Å². The summed E-state index contributed by atoms with van der Waals surface area (Å²) in [7, 11) is 0. The van der Waals surface area contributed by atoms with Crippen molar-refractivity contribution in [3.05, 3.63) is 29.8 Å². The van der Waals surface area contributed by atoms with Crippen molar-refractivity contribution < 1.29 is 4.74 Å². The summed E-state index contributed by atoms with van der Waals surface area (Å²) in [5, 5.41) is 0. The first kappa shape index (κ1) is 11.7. The van der Waals surface area contributed by atoms with Crippen LogP contribution in [-0.4, -0.2) is 48.6 Å². The summed E-state index contributed by atoms with van der Waals surface area (Å²) in [4.78, 5) is 5.38. The number of hydrogen-bond donors (Lipinski definition) is 0. The van der Waals surface area contributed by atoms with Crippen LogP contribution in [0.25, 0.3) is 0 Å². The Labute approximate surface area is 115 Å². The molecule has 1 aromatic rings. The van der Waals surface area contributed by atoms with Gasteiger partial charge < -0.3 is 4.74 Å². The number of rotatable bonds is 1. The molecule has 102 valence electrons.